The van der Waals surface area contributed by atoms with Crippen molar-refractivity contribution in [2.45, 2.75) is 18.0 Å². The van der Waals surface area contributed by atoms with Gasteiger partial charge in [-0.1, -0.05) is 48.6 Å². The van der Waals surface area contributed by atoms with Crippen molar-refractivity contribution >= 4 is 11.8 Å². The van der Waals surface area contributed by atoms with E-state index in [4.69, 9.17) is 4.74 Å². The number of hydrazine groups is 1. The Morgan fingerprint density at radius 3 is 2.45 bits per heavy atom. The summed E-state index contributed by atoms with van der Waals surface area (Å²) in [4.78, 5) is 0. The third-order valence-electron chi connectivity index (χ3n) is 5.97. The molecule has 0 fully saturated rings. The minimum Gasteiger partial charge on any atom is -0.497 e. The molecule has 0 radical (unpaired) electrons. The third-order valence-corrected chi connectivity index (χ3v) is 5.97. The molecule has 0 saturated heterocycles. The van der Waals surface area contributed by atoms with Crippen molar-refractivity contribution in [1.29, 1.82) is 0 Å². The average Bonchev–Trinajstić information content (AvgIpc) is 3.28. The van der Waals surface area contributed by atoms with E-state index in [0.717, 1.165) is 34.8 Å². The zero-order valence-electron chi connectivity index (χ0n) is 18.3. The summed E-state index contributed by atoms with van der Waals surface area (Å²) in [6, 6.07) is 18.6. The molecule has 0 amide bonds. The highest BCUT2D eigenvalue weighted by molar-refractivity contribution is 5.58. The second kappa shape index (κ2) is 9.14. The summed E-state index contributed by atoms with van der Waals surface area (Å²) >= 11 is 0. The minimum absolute atomic E-state index is 0.0984. The monoisotopic (exact) mass is 414 g/mol. The van der Waals surface area contributed by atoms with Crippen molar-refractivity contribution in [2.75, 3.05) is 26.2 Å². The van der Waals surface area contributed by atoms with E-state index in [1.807, 2.05) is 32.3 Å². The molecule has 0 spiro atoms. The molecule has 2 atom stereocenters. The molecule has 2 unspecified atom stereocenters. The Balaban J connectivity index is 1.64. The van der Waals surface area contributed by atoms with E-state index in [-0.39, 0.29) is 11.6 Å². The number of anilines is 1. The van der Waals surface area contributed by atoms with Crippen molar-refractivity contribution < 1.29 is 4.74 Å². The molecule has 160 valence electrons. The first kappa shape index (κ1) is 20.8. The maximum absolute atomic E-state index is 5.25. The highest BCUT2D eigenvalue weighted by Crippen LogP contribution is 2.33. The summed E-state index contributed by atoms with van der Waals surface area (Å²) in [5.74, 6) is 0.861. The van der Waals surface area contributed by atoms with Crippen LogP contribution in [0.4, 0.5) is 5.69 Å². The lowest BCUT2D eigenvalue weighted by Gasteiger charge is -2.42. The molecule has 5 heteroatoms. The standard InChI is InChI=1S/C26H30N4O/c1-27-21-15-17-26(28-2,18-16-21)25-19-22(29-30(25)23-7-5-4-6-8-23)12-9-20-10-13-24(31-3)14-11-20/h4-17,19,25,27-29H,18H2,1-3H3. The first-order valence-electron chi connectivity index (χ1n) is 10.6. The number of benzene rings is 2. The second-order valence-corrected chi connectivity index (χ2v) is 7.73. The molecule has 0 aromatic heterocycles. The van der Waals surface area contributed by atoms with Crippen molar-refractivity contribution in [1.82, 2.24) is 16.1 Å². The van der Waals surface area contributed by atoms with Crippen molar-refractivity contribution in [3.63, 3.8) is 0 Å². The van der Waals surface area contributed by atoms with E-state index in [0.29, 0.717) is 0 Å². The van der Waals surface area contributed by atoms with Crippen LogP contribution in [0.3, 0.4) is 0 Å². The van der Waals surface area contributed by atoms with Gasteiger partial charge in [0.05, 0.1) is 30.1 Å². The fourth-order valence-electron chi connectivity index (χ4n) is 4.07. The fraction of sp³-hybridized carbons (Fsp3) is 0.231. The second-order valence-electron chi connectivity index (χ2n) is 7.73. The lowest BCUT2D eigenvalue weighted by atomic mass is 9.82. The predicted molar refractivity (Wildman–Crippen MR) is 129 cm³/mol. The summed E-state index contributed by atoms with van der Waals surface area (Å²) in [7, 11) is 5.67. The molecule has 1 aliphatic heterocycles. The van der Waals surface area contributed by atoms with Gasteiger partial charge in [0.25, 0.3) is 0 Å². The number of hydrogen-bond acceptors (Lipinski definition) is 5. The van der Waals surface area contributed by atoms with E-state index in [1.165, 1.54) is 0 Å². The molecular formula is C26H30N4O. The molecule has 5 nitrogen and oxygen atoms in total. The van der Waals surface area contributed by atoms with Gasteiger partial charge in [-0.15, -0.1) is 0 Å². The lowest BCUT2D eigenvalue weighted by Crippen LogP contribution is -2.59. The maximum atomic E-state index is 5.25. The SMILES string of the molecule is CNC1=CCC(NC)(C2C=C(C=Cc3ccc(OC)cc3)NN2c2ccccc2)C=C1. The van der Waals surface area contributed by atoms with Crippen LogP contribution in [0, 0.1) is 0 Å². The average molecular weight is 415 g/mol. The number of likely N-dealkylation sites (N-methyl/N-ethyl adjacent to an activating group) is 2. The number of hydrogen-bond donors (Lipinski definition) is 3. The molecule has 31 heavy (non-hydrogen) atoms. The summed E-state index contributed by atoms with van der Waals surface area (Å²) in [5, 5.41) is 9.07. The van der Waals surface area contributed by atoms with Crippen LogP contribution in [0.2, 0.25) is 0 Å². The zero-order chi connectivity index (χ0) is 21.7. The van der Waals surface area contributed by atoms with Crippen molar-refractivity contribution in [2.24, 2.45) is 0 Å². The normalized spacial score (nSPS) is 22.8. The van der Waals surface area contributed by atoms with Crippen LogP contribution in [0.25, 0.3) is 6.08 Å². The van der Waals surface area contributed by atoms with Crippen LogP contribution in [0.1, 0.15) is 12.0 Å². The number of nitrogens with zero attached hydrogens (tertiary/aromatic N) is 1. The highest BCUT2D eigenvalue weighted by Gasteiger charge is 2.41. The quantitative estimate of drug-likeness (QED) is 0.639. The van der Waals surface area contributed by atoms with Gasteiger partial charge in [0.2, 0.25) is 0 Å². The number of nitrogens with one attached hydrogen (secondary N) is 3. The Kier molecular flexibility index (Phi) is 6.14. The smallest absolute Gasteiger partial charge is 0.118 e. The van der Waals surface area contributed by atoms with E-state index in [2.05, 4.69) is 93.9 Å². The van der Waals surface area contributed by atoms with Gasteiger partial charge < -0.3 is 15.4 Å². The molecule has 0 saturated carbocycles. The van der Waals surface area contributed by atoms with Crippen LogP contribution in [-0.2, 0) is 0 Å². The Labute approximate surface area is 184 Å². The third kappa shape index (κ3) is 4.37. The number of allylic oxidation sites excluding steroid dienone is 2. The molecule has 0 bridgehead atoms. The fourth-order valence-corrected chi connectivity index (χ4v) is 4.07. The summed E-state index contributed by atoms with van der Waals surface area (Å²) in [5.41, 5.74) is 7.85. The van der Waals surface area contributed by atoms with Gasteiger partial charge in [0.1, 0.15) is 5.75 Å². The van der Waals surface area contributed by atoms with Crippen LogP contribution >= 0.6 is 0 Å². The van der Waals surface area contributed by atoms with Gasteiger partial charge in [-0.25, -0.2) is 0 Å². The zero-order valence-corrected chi connectivity index (χ0v) is 18.3. The summed E-state index contributed by atoms with van der Waals surface area (Å²) in [6.45, 7) is 0. The molecule has 1 aliphatic carbocycles. The molecule has 4 rings (SSSR count). The number of methoxy groups -OCH3 is 1. The first-order chi connectivity index (χ1) is 15.2. The lowest BCUT2D eigenvalue weighted by molar-refractivity contribution is 0.377. The summed E-state index contributed by atoms with van der Waals surface area (Å²) in [6.07, 6.45) is 14.1. The van der Waals surface area contributed by atoms with E-state index < -0.39 is 0 Å². The number of rotatable bonds is 7. The van der Waals surface area contributed by atoms with Crippen LogP contribution in [0.5, 0.6) is 5.75 Å². The number of ether oxygens (including phenoxy) is 1. The minimum atomic E-state index is -0.223. The van der Waals surface area contributed by atoms with Crippen molar-refractivity contribution in [3.05, 3.63) is 102 Å². The van der Waals surface area contributed by atoms with Gasteiger partial charge in [-0.05, 0) is 61.5 Å². The predicted octanol–water partition coefficient (Wildman–Crippen LogP) is 4.01. The Morgan fingerprint density at radius 2 is 1.84 bits per heavy atom. The van der Waals surface area contributed by atoms with Gasteiger partial charge >= 0.3 is 0 Å². The number of para-hydroxylation sites is 1. The van der Waals surface area contributed by atoms with Gasteiger partial charge in [0.15, 0.2) is 0 Å². The molecule has 2 aromatic carbocycles. The van der Waals surface area contributed by atoms with Crippen LogP contribution in [-0.4, -0.2) is 32.8 Å². The van der Waals surface area contributed by atoms with Crippen LogP contribution in [0.15, 0.2) is 96.4 Å². The molecular weight excluding hydrogens is 384 g/mol. The molecule has 1 heterocycles. The van der Waals surface area contributed by atoms with E-state index in [9.17, 15) is 0 Å². The Hall–Kier alpha value is -3.44. The van der Waals surface area contributed by atoms with Crippen molar-refractivity contribution in [3.8, 4) is 5.75 Å². The highest BCUT2D eigenvalue weighted by atomic mass is 16.5. The van der Waals surface area contributed by atoms with E-state index in [1.54, 1.807) is 7.11 Å². The largest absolute Gasteiger partial charge is 0.497 e. The first-order valence-corrected chi connectivity index (χ1v) is 10.6. The van der Waals surface area contributed by atoms with Gasteiger partial charge in [-0.2, -0.15) is 0 Å². The van der Waals surface area contributed by atoms with Gasteiger partial charge in [-0.3, -0.25) is 10.4 Å². The van der Waals surface area contributed by atoms with Gasteiger partial charge in [0, 0.05) is 12.7 Å². The van der Waals surface area contributed by atoms with E-state index >= 15 is 0 Å². The summed E-state index contributed by atoms with van der Waals surface area (Å²) < 4.78 is 5.25. The Bertz CT molecular complexity index is 1010. The Morgan fingerprint density at radius 1 is 1.06 bits per heavy atom. The molecule has 3 N–H and O–H groups in total. The topological polar surface area (TPSA) is 48.6 Å². The van der Waals surface area contributed by atoms with Crippen LogP contribution < -0.4 is 25.8 Å². The molecule has 2 aromatic rings. The maximum Gasteiger partial charge on any atom is 0.118 e. The molecule has 2 aliphatic rings.